The van der Waals surface area contributed by atoms with Crippen LogP contribution in [-0.4, -0.2) is 22.1 Å². The summed E-state index contributed by atoms with van der Waals surface area (Å²) in [5.74, 6) is 2.08. The van der Waals surface area contributed by atoms with Gasteiger partial charge in [-0.05, 0) is 39.0 Å². The summed E-state index contributed by atoms with van der Waals surface area (Å²) in [4.78, 5) is 8.61. The van der Waals surface area contributed by atoms with Gasteiger partial charge in [-0.2, -0.15) is 4.98 Å². The van der Waals surface area contributed by atoms with E-state index in [1.165, 1.54) is 12.8 Å². The van der Waals surface area contributed by atoms with E-state index in [1.807, 2.05) is 0 Å². The lowest BCUT2D eigenvalue weighted by Crippen LogP contribution is -2.34. The van der Waals surface area contributed by atoms with E-state index < -0.39 is 0 Å². The van der Waals surface area contributed by atoms with Gasteiger partial charge >= 0.3 is 0 Å². The van der Waals surface area contributed by atoms with Crippen molar-refractivity contribution in [3.63, 3.8) is 0 Å². The maximum Gasteiger partial charge on any atom is 0.224 e. The molecule has 1 aliphatic rings. The second-order valence-corrected chi connectivity index (χ2v) is 5.85. The lowest BCUT2D eigenvalue weighted by molar-refractivity contribution is 0.492. The SMILES string of the molecule is CCCNc1ncc(Cl)c(NC(C)(C)C2CC2)n1. The van der Waals surface area contributed by atoms with Crippen molar-refractivity contribution in [1.82, 2.24) is 9.97 Å². The summed E-state index contributed by atoms with van der Waals surface area (Å²) in [6.07, 6.45) is 5.26. The van der Waals surface area contributed by atoms with Crippen LogP contribution in [-0.2, 0) is 0 Å². The summed E-state index contributed by atoms with van der Waals surface area (Å²) >= 11 is 6.15. The Morgan fingerprint density at radius 3 is 2.78 bits per heavy atom. The van der Waals surface area contributed by atoms with Gasteiger partial charge in [0.15, 0.2) is 5.82 Å². The molecule has 0 unspecified atom stereocenters. The summed E-state index contributed by atoms with van der Waals surface area (Å²) in [5, 5.41) is 7.19. The minimum atomic E-state index is 0.0417. The molecule has 1 heterocycles. The lowest BCUT2D eigenvalue weighted by atomic mass is 9.99. The average molecular weight is 269 g/mol. The molecular weight excluding hydrogens is 248 g/mol. The zero-order valence-electron chi connectivity index (χ0n) is 11.3. The highest BCUT2D eigenvalue weighted by atomic mass is 35.5. The van der Waals surface area contributed by atoms with Crippen molar-refractivity contribution in [3.05, 3.63) is 11.2 Å². The first kappa shape index (κ1) is 13.4. The maximum atomic E-state index is 6.15. The third-order valence-electron chi connectivity index (χ3n) is 3.32. The van der Waals surface area contributed by atoms with Crippen molar-refractivity contribution in [1.29, 1.82) is 0 Å². The standard InChI is InChI=1S/C13H21ClN4/c1-4-7-15-12-16-8-10(14)11(17-12)18-13(2,3)9-5-6-9/h8-9H,4-7H2,1-3H3,(H2,15,16,17,18). The number of anilines is 2. The quantitative estimate of drug-likeness (QED) is 0.828. The second-order valence-electron chi connectivity index (χ2n) is 5.44. The zero-order valence-corrected chi connectivity index (χ0v) is 12.0. The van der Waals surface area contributed by atoms with Gasteiger partial charge in [0, 0.05) is 12.1 Å². The predicted octanol–water partition coefficient (Wildman–Crippen LogP) is 3.55. The Bertz CT molecular complexity index is 415. The zero-order chi connectivity index (χ0) is 13.2. The molecule has 0 saturated heterocycles. The van der Waals surface area contributed by atoms with Crippen LogP contribution in [0.3, 0.4) is 0 Å². The Morgan fingerprint density at radius 1 is 1.44 bits per heavy atom. The topological polar surface area (TPSA) is 49.8 Å². The van der Waals surface area contributed by atoms with E-state index in [0.29, 0.717) is 11.0 Å². The Kier molecular flexibility index (Phi) is 3.95. The van der Waals surface area contributed by atoms with E-state index >= 15 is 0 Å². The van der Waals surface area contributed by atoms with Gasteiger partial charge in [0.05, 0.1) is 6.20 Å². The predicted molar refractivity (Wildman–Crippen MR) is 76.2 cm³/mol. The highest BCUT2D eigenvalue weighted by Crippen LogP contribution is 2.41. The summed E-state index contributed by atoms with van der Waals surface area (Å²) in [5.41, 5.74) is 0.0417. The van der Waals surface area contributed by atoms with E-state index in [0.717, 1.165) is 24.7 Å². The minimum Gasteiger partial charge on any atom is -0.364 e. The molecule has 1 aromatic heterocycles. The molecule has 0 radical (unpaired) electrons. The molecule has 0 amide bonds. The molecule has 18 heavy (non-hydrogen) atoms. The molecule has 0 bridgehead atoms. The smallest absolute Gasteiger partial charge is 0.224 e. The number of aromatic nitrogens is 2. The number of hydrogen-bond donors (Lipinski definition) is 2. The van der Waals surface area contributed by atoms with Crippen LogP contribution in [0.15, 0.2) is 6.20 Å². The van der Waals surface area contributed by atoms with Gasteiger partial charge in [0.2, 0.25) is 5.95 Å². The summed E-state index contributed by atoms with van der Waals surface area (Å²) in [7, 11) is 0. The van der Waals surface area contributed by atoms with Crippen molar-refractivity contribution in [3.8, 4) is 0 Å². The molecule has 100 valence electrons. The van der Waals surface area contributed by atoms with Crippen LogP contribution < -0.4 is 10.6 Å². The van der Waals surface area contributed by atoms with Gasteiger partial charge in [-0.1, -0.05) is 18.5 Å². The van der Waals surface area contributed by atoms with Crippen molar-refractivity contribution >= 4 is 23.4 Å². The van der Waals surface area contributed by atoms with Crippen LogP contribution in [0.1, 0.15) is 40.0 Å². The molecule has 1 aromatic rings. The summed E-state index contributed by atoms with van der Waals surface area (Å²) in [6.45, 7) is 7.37. The molecule has 2 N–H and O–H groups in total. The molecule has 2 rings (SSSR count). The van der Waals surface area contributed by atoms with Crippen LogP contribution in [0, 0.1) is 5.92 Å². The van der Waals surface area contributed by atoms with Gasteiger partial charge in [-0.25, -0.2) is 4.98 Å². The first-order chi connectivity index (χ1) is 8.53. The van der Waals surface area contributed by atoms with E-state index in [2.05, 4.69) is 41.4 Å². The normalized spacial score (nSPS) is 15.6. The van der Waals surface area contributed by atoms with Crippen molar-refractivity contribution in [2.75, 3.05) is 17.2 Å². The Balaban J connectivity index is 2.10. The minimum absolute atomic E-state index is 0.0417. The second kappa shape index (κ2) is 5.31. The molecule has 1 aliphatic carbocycles. The third-order valence-corrected chi connectivity index (χ3v) is 3.59. The number of nitrogens with zero attached hydrogens (tertiary/aromatic N) is 2. The van der Waals surface area contributed by atoms with Crippen molar-refractivity contribution < 1.29 is 0 Å². The van der Waals surface area contributed by atoms with E-state index in [4.69, 9.17) is 11.6 Å². The largest absolute Gasteiger partial charge is 0.364 e. The molecule has 5 heteroatoms. The van der Waals surface area contributed by atoms with Crippen molar-refractivity contribution in [2.24, 2.45) is 5.92 Å². The Labute approximate surface area is 114 Å². The highest BCUT2D eigenvalue weighted by Gasteiger charge is 2.38. The highest BCUT2D eigenvalue weighted by molar-refractivity contribution is 6.32. The Morgan fingerprint density at radius 2 is 2.17 bits per heavy atom. The molecule has 0 aliphatic heterocycles. The van der Waals surface area contributed by atoms with Gasteiger partial charge in [-0.15, -0.1) is 0 Å². The molecule has 1 saturated carbocycles. The van der Waals surface area contributed by atoms with Crippen LogP contribution in [0.2, 0.25) is 5.02 Å². The van der Waals surface area contributed by atoms with Gasteiger partial charge < -0.3 is 10.6 Å². The maximum absolute atomic E-state index is 6.15. The van der Waals surface area contributed by atoms with Gasteiger partial charge in [0.25, 0.3) is 0 Å². The Hall–Kier alpha value is -1.03. The average Bonchev–Trinajstić information content (AvgIpc) is 3.14. The first-order valence-corrected chi connectivity index (χ1v) is 6.95. The van der Waals surface area contributed by atoms with Crippen LogP contribution in [0.4, 0.5) is 11.8 Å². The fourth-order valence-electron chi connectivity index (χ4n) is 1.99. The van der Waals surface area contributed by atoms with Crippen LogP contribution >= 0.6 is 11.6 Å². The molecule has 0 atom stereocenters. The van der Waals surface area contributed by atoms with E-state index in [-0.39, 0.29) is 5.54 Å². The van der Waals surface area contributed by atoms with E-state index in [9.17, 15) is 0 Å². The van der Waals surface area contributed by atoms with Crippen molar-refractivity contribution in [2.45, 2.75) is 45.6 Å². The van der Waals surface area contributed by atoms with Crippen LogP contribution in [0.25, 0.3) is 0 Å². The van der Waals surface area contributed by atoms with Gasteiger partial charge in [0.1, 0.15) is 5.02 Å². The summed E-state index contributed by atoms with van der Waals surface area (Å²) in [6, 6.07) is 0. The molecule has 0 aromatic carbocycles. The first-order valence-electron chi connectivity index (χ1n) is 6.57. The van der Waals surface area contributed by atoms with Crippen LogP contribution in [0.5, 0.6) is 0 Å². The summed E-state index contributed by atoms with van der Waals surface area (Å²) < 4.78 is 0. The molecule has 4 nitrogen and oxygen atoms in total. The number of rotatable bonds is 6. The third kappa shape index (κ3) is 3.25. The van der Waals surface area contributed by atoms with Gasteiger partial charge in [-0.3, -0.25) is 0 Å². The fraction of sp³-hybridized carbons (Fsp3) is 0.692. The number of halogens is 1. The number of nitrogens with one attached hydrogen (secondary N) is 2. The lowest BCUT2D eigenvalue weighted by Gasteiger charge is -2.27. The fourth-order valence-corrected chi connectivity index (χ4v) is 2.13. The van der Waals surface area contributed by atoms with E-state index in [1.54, 1.807) is 6.20 Å². The monoisotopic (exact) mass is 268 g/mol. The molecule has 1 fully saturated rings. The molecular formula is C13H21ClN4. The number of hydrogen-bond acceptors (Lipinski definition) is 4. The molecule has 0 spiro atoms.